The van der Waals surface area contributed by atoms with E-state index in [0.29, 0.717) is 0 Å². The van der Waals surface area contributed by atoms with E-state index in [1.807, 2.05) is 0 Å². The van der Waals surface area contributed by atoms with Gasteiger partial charge in [-0.05, 0) is 14.5 Å². The van der Waals surface area contributed by atoms with Gasteiger partial charge in [0, 0.05) is 6.04 Å². The number of nitrogens with two attached hydrogens (primary N) is 1. The third kappa shape index (κ3) is 4.77. The molecule has 12 heteroatoms. The van der Waals surface area contributed by atoms with Crippen molar-refractivity contribution in [1.82, 2.24) is 0 Å². The summed E-state index contributed by atoms with van der Waals surface area (Å²) in [5.74, 6) is 0. The molecule has 5 N–H and O–H groups in total. The molecule has 0 radical (unpaired) electrons. The first-order valence-electron chi connectivity index (χ1n) is 3.00. The fraction of sp³-hybridized carbons (Fsp3) is 1.00. The number of aliphatic hydroxyl groups is 1. The Kier molecular flexibility index (Phi) is 10.4. The van der Waals surface area contributed by atoms with Crippen LogP contribution in [-0.4, -0.2) is 26.0 Å². The van der Waals surface area contributed by atoms with Crippen LogP contribution in [0, 0.1) is 0 Å². The quantitative estimate of drug-likeness (QED) is 0.292. The van der Waals surface area contributed by atoms with Crippen LogP contribution in [-0.2, 0) is 9.13 Å². The molecule has 80 valence electrons. The summed E-state index contributed by atoms with van der Waals surface area (Å²) in [6, 6.07) is -1.88. The van der Waals surface area contributed by atoms with Crippen LogP contribution < -0.4 is 74.6 Å². The first-order valence-corrected chi connectivity index (χ1v) is 6.16. The first kappa shape index (κ1) is 22.4. The minimum absolute atomic E-state index is 0. The Balaban J connectivity index is -0.000000720. The first-order chi connectivity index (χ1) is 5.44. The summed E-state index contributed by atoms with van der Waals surface area (Å²) >= 11 is 0. The van der Waals surface area contributed by atoms with Crippen molar-refractivity contribution in [2.75, 3.05) is 0 Å². The summed E-state index contributed by atoms with van der Waals surface area (Å²) in [6.07, 6.45) is 0. The summed E-state index contributed by atoms with van der Waals surface area (Å²) in [5.41, 5.74) is 4.83. The number of hydrogen-bond acceptors (Lipinski definition) is 6. The van der Waals surface area contributed by atoms with Crippen molar-refractivity contribution in [3.8, 4) is 0 Å². The van der Waals surface area contributed by atoms with Gasteiger partial charge in [0.25, 0.3) is 0 Å². The molecule has 2 unspecified atom stereocenters. The average Bonchev–Trinajstić information content (AvgIpc) is 1.80. The van der Waals surface area contributed by atoms with Gasteiger partial charge in [-0.2, -0.15) is 0 Å². The Hall–Kier alpha value is 2.22. The van der Waals surface area contributed by atoms with Gasteiger partial charge < -0.3 is 35.0 Å². The Bertz CT molecular complexity index is 262. The average molecular weight is 279 g/mol. The van der Waals surface area contributed by atoms with Crippen molar-refractivity contribution < 1.29 is 92.9 Å². The monoisotopic (exact) mass is 279 g/mol. The van der Waals surface area contributed by atoms with Crippen molar-refractivity contribution in [2.45, 2.75) is 18.0 Å². The molecule has 0 aromatic carbocycles. The van der Waals surface area contributed by atoms with Crippen molar-refractivity contribution in [3.63, 3.8) is 0 Å². The molecule has 0 amide bonds. The van der Waals surface area contributed by atoms with Gasteiger partial charge in [-0.15, -0.1) is 0 Å². The predicted octanol–water partition coefficient (Wildman–Crippen LogP) is -8.92. The van der Waals surface area contributed by atoms with Crippen molar-refractivity contribution in [3.05, 3.63) is 0 Å². The van der Waals surface area contributed by atoms with Crippen LogP contribution in [0.25, 0.3) is 0 Å². The zero-order valence-electron chi connectivity index (χ0n) is 8.52. The molecule has 0 aromatic heterocycles. The van der Waals surface area contributed by atoms with Gasteiger partial charge >= 0.3 is 66.7 Å². The fourth-order valence-corrected chi connectivity index (χ4v) is 2.98. The Morgan fingerprint density at radius 2 is 1.53 bits per heavy atom. The largest absolute Gasteiger partial charge is 1.00 e. The molecule has 2 atom stereocenters. The molecule has 0 heterocycles. The second kappa shape index (κ2) is 6.97. The van der Waals surface area contributed by atoms with Crippen molar-refractivity contribution in [2.24, 2.45) is 5.73 Å². The van der Waals surface area contributed by atoms with Gasteiger partial charge in [0.15, 0.2) is 0 Å². The Morgan fingerprint density at radius 1 is 1.27 bits per heavy atom. The molecule has 0 bridgehead atoms. The minimum atomic E-state index is -5.90. The van der Waals surface area contributed by atoms with E-state index in [4.69, 9.17) is 20.6 Å². The van der Waals surface area contributed by atoms with E-state index < -0.39 is 26.3 Å². The van der Waals surface area contributed by atoms with Crippen LogP contribution in [0.1, 0.15) is 6.92 Å². The summed E-state index contributed by atoms with van der Waals surface area (Å²) < 4.78 is 20.9. The van der Waals surface area contributed by atoms with E-state index in [2.05, 4.69) is 0 Å². The molecule has 15 heavy (non-hydrogen) atoms. The molecule has 8 nitrogen and oxygen atoms in total. The van der Waals surface area contributed by atoms with Gasteiger partial charge in [-0.3, -0.25) is 4.57 Å². The molecular weight excluding hydrogens is 270 g/mol. The van der Waals surface area contributed by atoms with Crippen molar-refractivity contribution in [1.29, 1.82) is 0 Å². The molecule has 0 aromatic rings. The maximum atomic E-state index is 10.5. The van der Waals surface area contributed by atoms with Crippen LogP contribution in [0.3, 0.4) is 0 Å². The van der Waals surface area contributed by atoms with Gasteiger partial charge in [0.1, 0.15) is 0 Å². The number of hydrogen-bond donors (Lipinski definition) is 4. The molecule has 0 saturated carbocycles. The van der Waals surface area contributed by atoms with Crippen molar-refractivity contribution >= 4 is 15.2 Å². The molecule has 0 saturated heterocycles. The van der Waals surface area contributed by atoms with Crippen LogP contribution >= 0.6 is 15.2 Å². The normalized spacial score (nSPS) is 18.1. The SMILES string of the molecule is CC(N)C(O)(P(=O)([O-])[O-])P(=O)(O)O.[Na+].[Na+]. The van der Waals surface area contributed by atoms with E-state index >= 15 is 0 Å². The third-order valence-corrected chi connectivity index (χ3v) is 5.44. The summed E-state index contributed by atoms with van der Waals surface area (Å²) in [5, 5.41) is 5.25. The molecule has 0 spiro atoms. The van der Waals surface area contributed by atoms with Gasteiger partial charge in [-0.1, -0.05) is 0 Å². The van der Waals surface area contributed by atoms with E-state index in [-0.39, 0.29) is 59.1 Å². The minimum Gasteiger partial charge on any atom is -0.808 e. The zero-order valence-corrected chi connectivity index (χ0v) is 14.3. The van der Waals surface area contributed by atoms with Crippen LogP contribution in [0.15, 0.2) is 0 Å². The molecular formula is C3H9NNa2O7P2. The number of rotatable bonds is 3. The third-order valence-electron chi connectivity index (χ3n) is 1.44. The van der Waals surface area contributed by atoms with Crippen LogP contribution in [0.5, 0.6) is 0 Å². The molecule has 0 aliphatic rings. The summed E-state index contributed by atoms with van der Waals surface area (Å²) in [4.78, 5) is 37.7. The van der Waals surface area contributed by atoms with Gasteiger partial charge in [-0.25, -0.2) is 0 Å². The fourth-order valence-electron chi connectivity index (χ4n) is 0.674. The maximum Gasteiger partial charge on any atom is 1.00 e. The smallest absolute Gasteiger partial charge is 0.808 e. The second-order valence-corrected chi connectivity index (χ2v) is 6.32. The summed E-state index contributed by atoms with van der Waals surface area (Å²) in [7, 11) is -11.4. The summed E-state index contributed by atoms with van der Waals surface area (Å²) in [6.45, 7) is 0.807. The van der Waals surface area contributed by atoms with Gasteiger partial charge in [0.05, 0.1) is 0 Å². The molecule has 0 aliphatic heterocycles. The Labute approximate surface area is 131 Å². The second-order valence-electron chi connectivity index (χ2n) is 2.52. The molecule has 0 rings (SSSR count). The van der Waals surface area contributed by atoms with E-state index in [0.717, 1.165) is 6.92 Å². The van der Waals surface area contributed by atoms with E-state index in [1.54, 1.807) is 0 Å². The molecule has 0 fully saturated rings. The predicted molar refractivity (Wildman–Crippen MR) is 38.2 cm³/mol. The standard InChI is InChI=1S/C3H11NO7P2.2Na/c1-2(4)3(5,12(6,7)8)13(9,10)11;;/h2,5H,4H2,1H3,(H2,6,7,8)(H2,9,10,11);;/q;2*+1/p-2. The zero-order chi connectivity index (χ0) is 11.1. The van der Waals surface area contributed by atoms with Gasteiger partial charge in [0.2, 0.25) is 5.08 Å². The topological polar surface area (TPSA) is 167 Å². The molecule has 0 aliphatic carbocycles. The van der Waals surface area contributed by atoms with Crippen LogP contribution in [0.2, 0.25) is 0 Å². The van der Waals surface area contributed by atoms with Crippen LogP contribution in [0.4, 0.5) is 0 Å². The Morgan fingerprint density at radius 3 is 1.53 bits per heavy atom. The maximum absolute atomic E-state index is 10.5. The van der Waals surface area contributed by atoms with E-state index in [9.17, 15) is 18.9 Å². The van der Waals surface area contributed by atoms with E-state index in [1.165, 1.54) is 0 Å².